The molecule has 1 aromatic heterocycles. The highest BCUT2D eigenvalue weighted by molar-refractivity contribution is 6.03. The predicted octanol–water partition coefficient (Wildman–Crippen LogP) is 3.55. The van der Waals surface area contributed by atoms with E-state index < -0.39 is 22.8 Å². The van der Waals surface area contributed by atoms with Gasteiger partial charge in [0.1, 0.15) is 6.20 Å². The molecule has 0 bridgehead atoms. The maximum absolute atomic E-state index is 12.4. The largest absolute Gasteiger partial charge is 0.473 e. The lowest BCUT2D eigenvalue weighted by molar-refractivity contribution is -0.390. The molecular formula is C18H15N3O4. The fourth-order valence-electron chi connectivity index (χ4n) is 2.42. The number of nitrogens with zero attached hydrogens (tertiary/aromatic N) is 2. The van der Waals surface area contributed by atoms with Crippen LogP contribution in [-0.2, 0) is 4.79 Å². The van der Waals surface area contributed by atoms with E-state index in [1.165, 1.54) is 25.3 Å². The molecule has 1 heterocycles. The van der Waals surface area contributed by atoms with Gasteiger partial charge in [-0.25, -0.2) is 0 Å². The van der Waals surface area contributed by atoms with E-state index in [1.807, 2.05) is 36.4 Å². The van der Waals surface area contributed by atoms with Crippen molar-refractivity contribution in [3.8, 4) is 5.75 Å². The number of nitrogens with one attached hydrogen (secondary N) is 1. The fourth-order valence-corrected chi connectivity index (χ4v) is 2.42. The summed E-state index contributed by atoms with van der Waals surface area (Å²) in [5.41, 5.74) is 0.652. The van der Waals surface area contributed by atoms with Crippen molar-refractivity contribution < 1.29 is 14.5 Å². The number of ether oxygens (including phenoxy) is 1. The van der Waals surface area contributed by atoms with Crippen molar-refractivity contribution >= 4 is 28.2 Å². The maximum Gasteiger partial charge on any atom is 0.406 e. The number of aromatic nitrogens is 1. The minimum absolute atomic E-state index is 0.0481. The third kappa shape index (κ3) is 3.55. The molecule has 0 aliphatic rings. The van der Waals surface area contributed by atoms with Gasteiger partial charge in [-0.05, 0) is 40.4 Å². The lowest BCUT2D eigenvalue weighted by atomic mass is 10.1. The molecule has 0 aliphatic carbocycles. The summed E-state index contributed by atoms with van der Waals surface area (Å²) in [4.78, 5) is 26.4. The van der Waals surface area contributed by atoms with Gasteiger partial charge in [0.25, 0.3) is 5.91 Å². The van der Waals surface area contributed by atoms with E-state index >= 15 is 0 Å². The quantitative estimate of drug-likeness (QED) is 0.567. The third-order valence-electron chi connectivity index (χ3n) is 3.64. The Kier molecular flexibility index (Phi) is 4.56. The maximum atomic E-state index is 12.4. The molecule has 3 rings (SSSR count). The van der Waals surface area contributed by atoms with Crippen LogP contribution in [0.2, 0.25) is 0 Å². The molecule has 7 nitrogen and oxygen atoms in total. The summed E-state index contributed by atoms with van der Waals surface area (Å²) in [5, 5.41) is 15.7. The smallest absolute Gasteiger partial charge is 0.406 e. The number of carbonyl (C=O) groups excluding carboxylic acids is 1. The fraction of sp³-hybridized carbons (Fsp3) is 0.111. The van der Waals surface area contributed by atoms with Gasteiger partial charge in [-0.3, -0.25) is 4.79 Å². The highest BCUT2D eigenvalue weighted by Gasteiger charge is 2.22. The van der Waals surface area contributed by atoms with E-state index in [4.69, 9.17) is 4.74 Å². The summed E-state index contributed by atoms with van der Waals surface area (Å²) in [5.74, 6) is -0.880. The molecule has 1 amide bonds. The Balaban J connectivity index is 1.78. The number of carbonyl (C=O) groups is 1. The van der Waals surface area contributed by atoms with Crippen molar-refractivity contribution in [3.63, 3.8) is 0 Å². The Bertz CT molecular complexity index is 937. The van der Waals surface area contributed by atoms with Gasteiger partial charge in [0.05, 0.1) is 0 Å². The number of amides is 1. The molecule has 3 aromatic rings. The Morgan fingerprint density at radius 3 is 2.72 bits per heavy atom. The zero-order valence-electron chi connectivity index (χ0n) is 13.4. The second kappa shape index (κ2) is 6.96. The molecule has 2 aromatic carbocycles. The van der Waals surface area contributed by atoms with Crippen LogP contribution in [0.25, 0.3) is 10.8 Å². The second-order valence-corrected chi connectivity index (χ2v) is 5.36. The van der Waals surface area contributed by atoms with Crippen LogP contribution in [0, 0.1) is 10.1 Å². The minimum Gasteiger partial charge on any atom is -0.473 e. The van der Waals surface area contributed by atoms with Crippen molar-refractivity contribution in [2.45, 2.75) is 13.0 Å². The van der Waals surface area contributed by atoms with Crippen molar-refractivity contribution in [2.75, 3.05) is 5.32 Å². The van der Waals surface area contributed by atoms with Crippen LogP contribution in [0.3, 0.4) is 0 Å². The van der Waals surface area contributed by atoms with E-state index in [-0.39, 0.29) is 5.75 Å². The highest BCUT2D eigenvalue weighted by Crippen LogP contribution is 2.26. The predicted molar refractivity (Wildman–Crippen MR) is 93.6 cm³/mol. The molecule has 1 atom stereocenters. The van der Waals surface area contributed by atoms with E-state index in [0.29, 0.717) is 5.69 Å². The average Bonchev–Trinajstić information content (AvgIpc) is 2.62. The topological polar surface area (TPSA) is 94.4 Å². The molecule has 0 saturated carbocycles. The van der Waals surface area contributed by atoms with Gasteiger partial charge in [-0.15, -0.1) is 0 Å². The first-order valence-electron chi connectivity index (χ1n) is 7.61. The number of hydrogen-bond acceptors (Lipinski definition) is 5. The first-order chi connectivity index (χ1) is 12.1. The number of benzene rings is 2. The summed E-state index contributed by atoms with van der Waals surface area (Å²) in [7, 11) is 0. The molecule has 0 fully saturated rings. The number of pyridine rings is 1. The molecular weight excluding hydrogens is 322 g/mol. The first-order valence-corrected chi connectivity index (χ1v) is 7.61. The Morgan fingerprint density at radius 2 is 1.92 bits per heavy atom. The van der Waals surface area contributed by atoms with E-state index in [0.717, 1.165) is 10.8 Å². The molecule has 126 valence electrons. The normalized spacial score (nSPS) is 11.7. The number of fused-ring (bicyclic) bond motifs is 1. The molecule has 0 saturated heterocycles. The molecule has 7 heteroatoms. The molecule has 25 heavy (non-hydrogen) atoms. The van der Waals surface area contributed by atoms with Crippen LogP contribution in [0.5, 0.6) is 5.75 Å². The van der Waals surface area contributed by atoms with Crippen LogP contribution in [-0.4, -0.2) is 21.9 Å². The van der Waals surface area contributed by atoms with Gasteiger partial charge >= 0.3 is 5.82 Å². The van der Waals surface area contributed by atoms with Gasteiger partial charge in [0.15, 0.2) is 6.10 Å². The highest BCUT2D eigenvalue weighted by atomic mass is 16.6. The zero-order chi connectivity index (χ0) is 17.8. The third-order valence-corrected chi connectivity index (χ3v) is 3.64. The van der Waals surface area contributed by atoms with Gasteiger partial charge < -0.3 is 20.2 Å². The van der Waals surface area contributed by atoms with E-state index in [2.05, 4.69) is 10.3 Å². The van der Waals surface area contributed by atoms with Crippen LogP contribution in [0.15, 0.2) is 60.8 Å². The molecule has 1 N–H and O–H groups in total. The summed E-state index contributed by atoms with van der Waals surface area (Å²) >= 11 is 0. The standard InChI is InChI=1S/C18H15N3O4/c1-12(25-16-10-5-11-19-17(16)21(23)24)18(22)20-15-9-4-7-13-6-2-3-8-14(13)15/h2-12H,1H3,(H,20,22)/t12-/m1/s1. The molecule has 0 aliphatic heterocycles. The molecule has 0 radical (unpaired) electrons. The Morgan fingerprint density at radius 1 is 1.16 bits per heavy atom. The zero-order valence-corrected chi connectivity index (χ0v) is 13.4. The number of rotatable bonds is 5. The number of anilines is 1. The minimum atomic E-state index is -0.929. The number of nitro groups is 1. The first kappa shape index (κ1) is 16.4. The van der Waals surface area contributed by atoms with Crippen LogP contribution >= 0.6 is 0 Å². The number of hydrogen-bond donors (Lipinski definition) is 1. The summed E-state index contributed by atoms with van der Waals surface area (Å²) in [6.45, 7) is 1.52. The van der Waals surface area contributed by atoms with Crippen molar-refractivity contribution in [1.82, 2.24) is 4.98 Å². The van der Waals surface area contributed by atoms with Crippen LogP contribution < -0.4 is 10.1 Å². The molecule has 0 spiro atoms. The van der Waals surface area contributed by atoms with E-state index in [1.54, 1.807) is 6.07 Å². The lowest BCUT2D eigenvalue weighted by Crippen LogP contribution is -2.30. The summed E-state index contributed by atoms with van der Waals surface area (Å²) in [6.07, 6.45) is 0.369. The molecule has 0 unspecified atom stereocenters. The van der Waals surface area contributed by atoms with E-state index in [9.17, 15) is 14.9 Å². The SMILES string of the molecule is C[C@@H](Oc1cccnc1[N+](=O)[O-])C(=O)Nc1cccc2ccccc12. The lowest BCUT2D eigenvalue weighted by Gasteiger charge is -2.15. The Hall–Kier alpha value is -3.48. The Labute approximate surface area is 143 Å². The summed E-state index contributed by atoms with van der Waals surface area (Å²) < 4.78 is 5.44. The summed E-state index contributed by atoms with van der Waals surface area (Å²) in [6, 6.07) is 16.2. The van der Waals surface area contributed by atoms with Crippen molar-refractivity contribution in [1.29, 1.82) is 0 Å². The van der Waals surface area contributed by atoms with Crippen LogP contribution in [0.1, 0.15) is 6.92 Å². The van der Waals surface area contributed by atoms with Gasteiger partial charge in [-0.2, -0.15) is 0 Å². The van der Waals surface area contributed by atoms with Gasteiger partial charge in [0, 0.05) is 11.1 Å². The van der Waals surface area contributed by atoms with Crippen LogP contribution in [0.4, 0.5) is 11.5 Å². The van der Waals surface area contributed by atoms with Crippen molar-refractivity contribution in [2.24, 2.45) is 0 Å². The monoisotopic (exact) mass is 337 g/mol. The second-order valence-electron chi connectivity index (χ2n) is 5.36. The van der Waals surface area contributed by atoms with Crippen molar-refractivity contribution in [3.05, 3.63) is 70.9 Å². The van der Waals surface area contributed by atoms with Gasteiger partial charge in [0.2, 0.25) is 5.75 Å². The average molecular weight is 337 g/mol. The van der Waals surface area contributed by atoms with Gasteiger partial charge in [-0.1, -0.05) is 36.4 Å².